The summed E-state index contributed by atoms with van der Waals surface area (Å²) in [5.74, 6) is 0. The first-order valence-corrected chi connectivity index (χ1v) is 10.8. The smallest absolute Gasteiger partial charge is 0.0524 e. The summed E-state index contributed by atoms with van der Waals surface area (Å²) in [6.45, 7) is 10.5. The number of anilines is 1. The van der Waals surface area contributed by atoms with Gasteiger partial charge in [-0.2, -0.15) is 0 Å². The van der Waals surface area contributed by atoms with Gasteiger partial charge in [0.1, 0.15) is 0 Å². The number of rotatable bonds is 7. The summed E-state index contributed by atoms with van der Waals surface area (Å²) in [7, 11) is 0. The summed E-state index contributed by atoms with van der Waals surface area (Å²) >= 11 is 7.96. The average molecular weight is 408 g/mol. The van der Waals surface area contributed by atoms with Crippen LogP contribution in [-0.2, 0) is 6.42 Å². The zero-order valence-corrected chi connectivity index (χ0v) is 18.3. The standard InChI is InChI=1S/C25H26ClNS/c1-5-9-23-18(4)14-21(26)16-25(23)28-27-24-15-20(12-13-22(24)17(2)3)19-10-7-6-8-11-19/h6-8,10-16,27H,2,5,9H2,1,3-4H3. The largest absolute Gasteiger partial charge is 0.325 e. The molecule has 0 heterocycles. The van der Waals surface area contributed by atoms with Gasteiger partial charge in [0, 0.05) is 15.5 Å². The van der Waals surface area contributed by atoms with Gasteiger partial charge in [-0.3, -0.25) is 0 Å². The fourth-order valence-electron chi connectivity index (χ4n) is 3.32. The van der Waals surface area contributed by atoms with Crippen LogP contribution in [0.15, 0.2) is 72.1 Å². The molecular weight excluding hydrogens is 382 g/mol. The SMILES string of the molecule is C=C(C)c1ccc(-c2ccccc2)cc1NSc1cc(Cl)cc(C)c1CCC. The summed E-state index contributed by atoms with van der Waals surface area (Å²) in [6.07, 6.45) is 2.15. The molecule has 0 spiro atoms. The fourth-order valence-corrected chi connectivity index (χ4v) is 4.62. The second-order valence-electron chi connectivity index (χ2n) is 7.06. The van der Waals surface area contributed by atoms with Gasteiger partial charge in [0.2, 0.25) is 0 Å². The number of nitrogens with one attached hydrogen (secondary N) is 1. The molecule has 3 heteroatoms. The third-order valence-electron chi connectivity index (χ3n) is 4.75. The van der Waals surface area contributed by atoms with Crippen molar-refractivity contribution in [2.75, 3.05) is 4.72 Å². The Kier molecular flexibility index (Phi) is 6.88. The highest BCUT2D eigenvalue weighted by Gasteiger charge is 2.11. The van der Waals surface area contributed by atoms with E-state index in [9.17, 15) is 0 Å². The quantitative estimate of drug-likeness (QED) is 0.394. The molecule has 0 saturated heterocycles. The molecule has 0 bridgehead atoms. The minimum Gasteiger partial charge on any atom is -0.325 e. The third kappa shape index (κ3) is 4.81. The van der Waals surface area contributed by atoms with E-state index in [2.05, 4.69) is 73.7 Å². The first-order valence-electron chi connectivity index (χ1n) is 9.56. The van der Waals surface area contributed by atoms with Crippen molar-refractivity contribution >= 4 is 34.8 Å². The van der Waals surface area contributed by atoms with Crippen molar-refractivity contribution in [3.8, 4) is 11.1 Å². The molecule has 144 valence electrons. The highest BCUT2D eigenvalue weighted by atomic mass is 35.5. The Labute approximate surface area is 178 Å². The summed E-state index contributed by atoms with van der Waals surface area (Å²) in [5.41, 5.74) is 8.23. The molecule has 0 amide bonds. The van der Waals surface area contributed by atoms with Gasteiger partial charge in [-0.1, -0.05) is 74.0 Å². The minimum atomic E-state index is 0.778. The lowest BCUT2D eigenvalue weighted by atomic mass is 10.00. The van der Waals surface area contributed by atoms with Gasteiger partial charge in [0.05, 0.1) is 5.69 Å². The molecule has 0 atom stereocenters. The van der Waals surface area contributed by atoms with Crippen LogP contribution in [0.4, 0.5) is 5.69 Å². The van der Waals surface area contributed by atoms with Gasteiger partial charge in [0.15, 0.2) is 0 Å². The van der Waals surface area contributed by atoms with E-state index in [-0.39, 0.29) is 0 Å². The maximum atomic E-state index is 6.34. The molecular formula is C25H26ClNS. The fraction of sp³-hybridized carbons (Fsp3) is 0.200. The number of halogens is 1. The summed E-state index contributed by atoms with van der Waals surface area (Å²) in [5, 5.41) is 0.778. The molecule has 0 unspecified atom stereocenters. The zero-order valence-electron chi connectivity index (χ0n) is 16.7. The monoisotopic (exact) mass is 407 g/mol. The molecule has 0 radical (unpaired) electrons. The Morgan fingerprint density at radius 1 is 1.04 bits per heavy atom. The maximum absolute atomic E-state index is 6.34. The van der Waals surface area contributed by atoms with Gasteiger partial charge in [-0.25, -0.2) is 0 Å². The van der Waals surface area contributed by atoms with Crippen molar-refractivity contribution < 1.29 is 0 Å². The summed E-state index contributed by atoms with van der Waals surface area (Å²) in [6, 6.07) is 21.0. The molecule has 1 nitrogen and oxygen atoms in total. The van der Waals surface area contributed by atoms with Gasteiger partial charge < -0.3 is 4.72 Å². The second kappa shape index (κ2) is 9.36. The van der Waals surface area contributed by atoms with Gasteiger partial charge >= 0.3 is 0 Å². The van der Waals surface area contributed by atoms with E-state index < -0.39 is 0 Å². The van der Waals surface area contributed by atoms with Crippen LogP contribution in [0.3, 0.4) is 0 Å². The van der Waals surface area contributed by atoms with E-state index in [4.69, 9.17) is 11.6 Å². The Balaban J connectivity index is 1.95. The van der Waals surface area contributed by atoms with Crippen LogP contribution in [0.25, 0.3) is 16.7 Å². The molecule has 3 aromatic rings. The van der Waals surface area contributed by atoms with Gasteiger partial charge in [0.25, 0.3) is 0 Å². The van der Waals surface area contributed by atoms with Crippen molar-refractivity contribution in [3.05, 3.63) is 89.0 Å². The molecule has 28 heavy (non-hydrogen) atoms. The highest BCUT2D eigenvalue weighted by molar-refractivity contribution is 8.00. The Hall–Kier alpha value is -2.16. The Morgan fingerprint density at radius 2 is 1.79 bits per heavy atom. The third-order valence-corrected chi connectivity index (χ3v) is 5.88. The van der Waals surface area contributed by atoms with Crippen molar-refractivity contribution in [3.63, 3.8) is 0 Å². The highest BCUT2D eigenvalue weighted by Crippen LogP contribution is 2.35. The van der Waals surface area contributed by atoms with E-state index in [1.54, 1.807) is 11.9 Å². The summed E-state index contributed by atoms with van der Waals surface area (Å²) < 4.78 is 3.57. The van der Waals surface area contributed by atoms with Crippen LogP contribution in [0.5, 0.6) is 0 Å². The van der Waals surface area contributed by atoms with Crippen molar-refractivity contribution in [1.82, 2.24) is 0 Å². The Morgan fingerprint density at radius 3 is 2.46 bits per heavy atom. The van der Waals surface area contributed by atoms with Crippen molar-refractivity contribution in [1.29, 1.82) is 0 Å². The maximum Gasteiger partial charge on any atom is 0.0524 e. The first-order chi connectivity index (χ1) is 13.5. The predicted molar refractivity (Wildman–Crippen MR) is 126 cm³/mol. The predicted octanol–water partition coefficient (Wildman–Crippen LogP) is 8.42. The molecule has 0 aromatic heterocycles. The van der Waals surface area contributed by atoms with Crippen LogP contribution >= 0.6 is 23.5 Å². The van der Waals surface area contributed by atoms with E-state index in [1.165, 1.54) is 27.1 Å². The molecule has 1 N–H and O–H groups in total. The molecule has 0 aliphatic rings. The zero-order chi connectivity index (χ0) is 20.1. The minimum absolute atomic E-state index is 0.778. The van der Waals surface area contributed by atoms with Gasteiger partial charge in [-0.05, 0) is 78.2 Å². The molecule has 0 aliphatic carbocycles. The van der Waals surface area contributed by atoms with Crippen molar-refractivity contribution in [2.24, 2.45) is 0 Å². The molecule has 0 aliphatic heterocycles. The average Bonchev–Trinajstić information content (AvgIpc) is 2.69. The lowest BCUT2D eigenvalue weighted by molar-refractivity contribution is 0.890. The number of aryl methyl sites for hydroxylation is 1. The number of benzene rings is 3. The van der Waals surface area contributed by atoms with E-state index >= 15 is 0 Å². The van der Waals surface area contributed by atoms with Crippen LogP contribution in [0.1, 0.15) is 37.0 Å². The Bertz CT molecular complexity index is 979. The van der Waals surface area contributed by atoms with Crippen LogP contribution in [0, 0.1) is 6.92 Å². The summed E-state index contributed by atoms with van der Waals surface area (Å²) in [4.78, 5) is 1.18. The molecule has 3 aromatic carbocycles. The topological polar surface area (TPSA) is 12.0 Å². The van der Waals surface area contributed by atoms with Crippen LogP contribution in [0.2, 0.25) is 5.02 Å². The molecule has 0 fully saturated rings. The number of allylic oxidation sites excluding steroid dienone is 1. The number of hydrogen-bond acceptors (Lipinski definition) is 2. The second-order valence-corrected chi connectivity index (χ2v) is 8.34. The normalized spacial score (nSPS) is 10.7. The van der Waals surface area contributed by atoms with Crippen LogP contribution in [-0.4, -0.2) is 0 Å². The molecule has 3 rings (SSSR count). The van der Waals surface area contributed by atoms with E-state index in [0.29, 0.717) is 0 Å². The van der Waals surface area contributed by atoms with E-state index in [0.717, 1.165) is 34.7 Å². The number of hydrogen-bond donors (Lipinski definition) is 1. The van der Waals surface area contributed by atoms with Gasteiger partial charge in [-0.15, -0.1) is 0 Å². The lowest BCUT2D eigenvalue weighted by Crippen LogP contribution is -1.97. The molecule has 0 saturated carbocycles. The van der Waals surface area contributed by atoms with E-state index in [1.807, 2.05) is 19.1 Å². The van der Waals surface area contributed by atoms with Crippen molar-refractivity contribution in [2.45, 2.75) is 38.5 Å². The lowest BCUT2D eigenvalue weighted by Gasteiger charge is -2.16. The first kappa shape index (κ1) is 20.6. The van der Waals surface area contributed by atoms with Crippen LogP contribution < -0.4 is 4.72 Å².